The second kappa shape index (κ2) is 6.60. The highest BCUT2D eigenvalue weighted by molar-refractivity contribution is 8.00. The summed E-state index contributed by atoms with van der Waals surface area (Å²) in [5.74, 6) is -1.87. The van der Waals surface area contributed by atoms with Gasteiger partial charge in [0.25, 0.3) is 5.91 Å². The number of benzene rings is 1. The second-order valence-electron chi connectivity index (χ2n) is 5.00. The molecule has 1 fully saturated rings. The van der Waals surface area contributed by atoms with Crippen LogP contribution in [0.25, 0.3) is 0 Å². The largest absolute Gasteiger partial charge is 0.481 e. The number of piperidine rings is 1. The molecule has 1 amide bonds. The summed E-state index contributed by atoms with van der Waals surface area (Å²) in [6, 6.07) is 5.15. The molecule has 0 bridgehead atoms. The van der Waals surface area contributed by atoms with Crippen LogP contribution in [0, 0.1) is 5.92 Å². The molecule has 0 spiro atoms. The molecule has 0 unspecified atom stereocenters. The fourth-order valence-electron chi connectivity index (χ4n) is 2.34. The van der Waals surface area contributed by atoms with E-state index in [-0.39, 0.29) is 34.7 Å². The van der Waals surface area contributed by atoms with E-state index >= 15 is 0 Å². The number of aliphatic carboxylic acids is 1. The summed E-state index contributed by atoms with van der Waals surface area (Å²) in [4.78, 5) is 24.7. The van der Waals surface area contributed by atoms with Crippen molar-refractivity contribution in [3.8, 4) is 0 Å². The van der Waals surface area contributed by atoms with Gasteiger partial charge in [-0.2, -0.15) is 13.2 Å². The van der Waals surface area contributed by atoms with E-state index in [0.717, 1.165) is 0 Å². The number of nitrogens with zero attached hydrogens (tertiary/aromatic N) is 1. The fourth-order valence-corrected chi connectivity index (χ4v) is 2.88. The van der Waals surface area contributed by atoms with Crippen LogP contribution in [0.4, 0.5) is 13.2 Å². The van der Waals surface area contributed by atoms with Gasteiger partial charge in [-0.3, -0.25) is 9.59 Å². The maximum absolute atomic E-state index is 12.3. The lowest BCUT2D eigenvalue weighted by Crippen LogP contribution is -2.42. The van der Waals surface area contributed by atoms with Crippen LogP contribution < -0.4 is 0 Å². The Balaban J connectivity index is 2.05. The van der Waals surface area contributed by atoms with Crippen LogP contribution >= 0.6 is 11.8 Å². The van der Waals surface area contributed by atoms with Crippen molar-refractivity contribution in [3.63, 3.8) is 0 Å². The highest BCUT2D eigenvalue weighted by Gasteiger charge is 2.30. The van der Waals surface area contributed by atoms with Gasteiger partial charge in [0.15, 0.2) is 0 Å². The molecular formula is C14H14F3NO3S. The molecule has 1 saturated heterocycles. The van der Waals surface area contributed by atoms with Crippen molar-refractivity contribution < 1.29 is 27.9 Å². The number of hydrogen-bond acceptors (Lipinski definition) is 3. The zero-order valence-electron chi connectivity index (χ0n) is 11.5. The van der Waals surface area contributed by atoms with Crippen LogP contribution in [0.2, 0.25) is 0 Å². The molecule has 1 aliphatic heterocycles. The van der Waals surface area contributed by atoms with Gasteiger partial charge in [0, 0.05) is 23.5 Å². The van der Waals surface area contributed by atoms with Crippen molar-refractivity contribution in [2.45, 2.75) is 23.2 Å². The molecule has 4 nitrogen and oxygen atoms in total. The SMILES string of the molecule is O=C(O)[C@H]1CCCN(C(=O)c2ccc(SC(F)(F)F)cc2)C1. The number of thioether (sulfide) groups is 1. The van der Waals surface area contributed by atoms with Gasteiger partial charge < -0.3 is 10.0 Å². The quantitative estimate of drug-likeness (QED) is 0.863. The van der Waals surface area contributed by atoms with E-state index in [9.17, 15) is 22.8 Å². The summed E-state index contributed by atoms with van der Waals surface area (Å²) in [7, 11) is 0. The van der Waals surface area contributed by atoms with E-state index in [1.807, 2.05) is 0 Å². The van der Waals surface area contributed by atoms with Gasteiger partial charge in [-0.25, -0.2) is 0 Å². The monoisotopic (exact) mass is 333 g/mol. The van der Waals surface area contributed by atoms with Gasteiger partial charge >= 0.3 is 11.5 Å². The lowest BCUT2D eigenvalue weighted by atomic mass is 9.97. The topological polar surface area (TPSA) is 57.6 Å². The van der Waals surface area contributed by atoms with Crippen LogP contribution in [0.3, 0.4) is 0 Å². The standard InChI is InChI=1S/C14H14F3NO3S/c15-14(16,17)22-11-5-3-9(4-6-11)12(19)18-7-1-2-10(8-18)13(20)21/h3-6,10H,1-2,7-8H2,(H,20,21)/t10-/m0/s1. The molecule has 1 aromatic carbocycles. The minimum Gasteiger partial charge on any atom is -0.481 e. The van der Waals surface area contributed by atoms with Crippen LogP contribution in [0.15, 0.2) is 29.2 Å². The predicted molar refractivity (Wildman–Crippen MR) is 74.6 cm³/mol. The average molecular weight is 333 g/mol. The number of amides is 1. The highest BCUT2D eigenvalue weighted by atomic mass is 32.2. The van der Waals surface area contributed by atoms with Crippen molar-refractivity contribution in [3.05, 3.63) is 29.8 Å². The normalized spacial score (nSPS) is 19.0. The molecule has 0 aromatic heterocycles. The molecular weight excluding hydrogens is 319 g/mol. The van der Waals surface area contributed by atoms with Gasteiger partial charge in [0.05, 0.1) is 5.92 Å². The molecule has 1 N–H and O–H groups in total. The summed E-state index contributed by atoms with van der Waals surface area (Å²) in [5.41, 5.74) is -4.11. The zero-order chi connectivity index (χ0) is 16.3. The van der Waals surface area contributed by atoms with Crippen molar-refractivity contribution >= 4 is 23.6 Å². The predicted octanol–water partition coefficient (Wildman–Crippen LogP) is 3.24. The average Bonchev–Trinajstić information content (AvgIpc) is 2.46. The van der Waals surface area contributed by atoms with E-state index in [1.165, 1.54) is 29.2 Å². The third-order valence-corrected chi connectivity index (χ3v) is 4.13. The number of carbonyl (C=O) groups is 2. The zero-order valence-corrected chi connectivity index (χ0v) is 12.3. The van der Waals surface area contributed by atoms with E-state index in [1.54, 1.807) is 0 Å². The van der Waals surface area contributed by atoms with Gasteiger partial charge in [-0.1, -0.05) is 0 Å². The first kappa shape index (κ1) is 16.7. The van der Waals surface area contributed by atoms with E-state index < -0.39 is 17.4 Å². The molecule has 1 heterocycles. The van der Waals surface area contributed by atoms with Crippen molar-refractivity contribution in [2.24, 2.45) is 5.92 Å². The Labute approximate surface area is 129 Å². The molecule has 1 aromatic rings. The number of carbonyl (C=O) groups excluding carboxylic acids is 1. The van der Waals surface area contributed by atoms with E-state index in [0.29, 0.717) is 19.4 Å². The molecule has 22 heavy (non-hydrogen) atoms. The first-order valence-corrected chi connectivity index (χ1v) is 7.46. The third kappa shape index (κ3) is 4.40. The number of likely N-dealkylation sites (tertiary alicyclic amines) is 1. The molecule has 1 atom stereocenters. The van der Waals surface area contributed by atoms with Crippen LogP contribution in [0.1, 0.15) is 23.2 Å². The number of hydrogen-bond donors (Lipinski definition) is 1. The minimum atomic E-state index is -4.37. The Bertz CT molecular complexity index is 559. The van der Waals surface area contributed by atoms with Gasteiger partial charge in [0.2, 0.25) is 0 Å². The molecule has 120 valence electrons. The molecule has 0 saturated carbocycles. The van der Waals surface area contributed by atoms with E-state index in [2.05, 4.69) is 0 Å². The number of carboxylic acids is 1. The maximum Gasteiger partial charge on any atom is 0.446 e. The third-order valence-electron chi connectivity index (χ3n) is 3.39. The van der Waals surface area contributed by atoms with Crippen LogP contribution in [0.5, 0.6) is 0 Å². The Morgan fingerprint density at radius 1 is 1.23 bits per heavy atom. The Kier molecular flexibility index (Phi) is 5.00. The molecule has 0 radical (unpaired) electrons. The summed E-state index contributed by atoms with van der Waals surface area (Å²) in [6.45, 7) is 0.592. The smallest absolute Gasteiger partial charge is 0.446 e. The first-order valence-electron chi connectivity index (χ1n) is 6.64. The van der Waals surface area contributed by atoms with Crippen molar-refractivity contribution in [1.29, 1.82) is 0 Å². The number of alkyl halides is 3. The molecule has 1 aliphatic rings. The second-order valence-corrected chi connectivity index (χ2v) is 6.14. The summed E-state index contributed by atoms with van der Waals surface area (Å²) >= 11 is -0.242. The van der Waals surface area contributed by atoms with Crippen LogP contribution in [-0.2, 0) is 4.79 Å². The van der Waals surface area contributed by atoms with Gasteiger partial charge in [-0.05, 0) is 48.9 Å². The lowest BCUT2D eigenvalue weighted by Gasteiger charge is -2.30. The van der Waals surface area contributed by atoms with Crippen molar-refractivity contribution in [1.82, 2.24) is 4.90 Å². The van der Waals surface area contributed by atoms with Gasteiger partial charge in [0.1, 0.15) is 0 Å². The minimum absolute atomic E-state index is 0.00565. The molecule has 0 aliphatic carbocycles. The fraction of sp³-hybridized carbons (Fsp3) is 0.429. The Hall–Kier alpha value is -1.70. The van der Waals surface area contributed by atoms with Crippen LogP contribution in [-0.4, -0.2) is 40.5 Å². The van der Waals surface area contributed by atoms with Crippen molar-refractivity contribution in [2.75, 3.05) is 13.1 Å². The molecule has 2 rings (SSSR count). The van der Waals surface area contributed by atoms with Gasteiger partial charge in [-0.15, -0.1) is 0 Å². The maximum atomic E-state index is 12.3. The Morgan fingerprint density at radius 3 is 2.41 bits per heavy atom. The first-order chi connectivity index (χ1) is 10.3. The summed E-state index contributed by atoms with van der Waals surface area (Å²) < 4.78 is 36.7. The Morgan fingerprint density at radius 2 is 1.86 bits per heavy atom. The highest BCUT2D eigenvalue weighted by Crippen LogP contribution is 2.36. The molecule has 8 heteroatoms. The number of rotatable bonds is 3. The summed E-state index contributed by atoms with van der Waals surface area (Å²) in [6.07, 6.45) is 1.13. The number of halogens is 3. The number of carboxylic acid groups (broad SMARTS) is 1. The lowest BCUT2D eigenvalue weighted by molar-refractivity contribution is -0.143. The van der Waals surface area contributed by atoms with E-state index in [4.69, 9.17) is 5.11 Å². The summed E-state index contributed by atoms with van der Waals surface area (Å²) in [5, 5.41) is 9.01.